The topological polar surface area (TPSA) is 67.2 Å². The average molecular weight is 557 g/mol. The Morgan fingerprint density at radius 3 is 2.41 bits per heavy atom. The summed E-state index contributed by atoms with van der Waals surface area (Å²) >= 11 is 0. The molecule has 0 radical (unpaired) electrons. The molecular formula is C33H41FN6O. The van der Waals surface area contributed by atoms with Crippen LogP contribution in [0.25, 0.3) is 16.7 Å². The normalized spacial score (nSPS) is 14.9. The Bertz CT molecular complexity index is 1480. The molecule has 216 valence electrons. The minimum Gasteiger partial charge on any atom is -0.354 e. The molecular weight excluding hydrogens is 515 g/mol. The molecule has 1 saturated heterocycles. The SMILES string of the molecule is CCCC[C@H](CC)C(=O)N1CCCN(c2nc(Cc3ccc(C)cc3)nc3c2c(C)nn3-c2ccc(F)cc2)CC1. The second-order valence-corrected chi connectivity index (χ2v) is 11.2. The summed E-state index contributed by atoms with van der Waals surface area (Å²) in [7, 11) is 0. The Morgan fingerprint density at radius 1 is 0.951 bits per heavy atom. The van der Waals surface area contributed by atoms with Crippen molar-refractivity contribution in [2.75, 3.05) is 31.1 Å². The molecule has 1 aliphatic rings. The van der Waals surface area contributed by atoms with Crippen LogP contribution in [0.4, 0.5) is 10.2 Å². The van der Waals surface area contributed by atoms with Crippen molar-refractivity contribution >= 4 is 22.8 Å². The monoisotopic (exact) mass is 556 g/mol. The van der Waals surface area contributed by atoms with Crippen LogP contribution >= 0.6 is 0 Å². The largest absolute Gasteiger partial charge is 0.354 e. The van der Waals surface area contributed by atoms with Gasteiger partial charge in [-0.15, -0.1) is 0 Å². The predicted molar refractivity (Wildman–Crippen MR) is 162 cm³/mol. The minimum atomic E-state index is -0.291. The molecule has 3 heterocycles. The van der Waals surface area contributed by atoms with Crippen molar-refractivity contribution < 1.29 is 9.18 Å². The summed E-state index contributed by atoms with van der Waals surface area (Å²) in [6.07, 6.45) is 5.50. The van der Waals surface area contributed by atoms with Gasteiger partial charge in [-0.2, -0.15) is 5.10 Å². The third-order valence-corrected chi connectivity index (χ3v) is 8.14. The maximum absolute atomic E-state index is 13.7. The Labute approximate surface area is 242 Å². The van der Waals surface area contributed by atoms with Gasteiger partial charge in [0.2, 0.25) is 5.91 Å². The van der Waals surface area contributed by atoms with Gasteiger partial charge in [-0.1, -0.05) is 56.5 Å². The van der Waals surface area contributed by atoms with Crippen molar-refractivity contribution in [3.63, 3.8) is 0 Å². The number of hydrogen-bond acceptors (Lipinski definition) is 5. The first kappa shape index (κ1) is 28.7. The number of hydrogen-bond donors (Lipinski definition) is 0. The third-order valence-electron chi connectivity index (χ3n) is 8.14. The molecule has 0 saturated carbocycles. The first-order valence-corrected chi connectivity index (χ1v) is 15.0. The number of benzene rings is 2. The number of aromatic nitrogens is 4. The van der Waals surface area contributed by atoms with E-state index < -0.39 is 0 Å². The van der Waals surface area contributed by atoms with E-state index in [4.69, 9.17) is 15.1 Å². The van der Waals surface area contributed by atoms with Crippen LogP contribution in [-0.4, -0.2) is 56.7 Å². The van der Waals surface area contributed by atoms with Gasteiger partial charge in [-0.25, -0.2) is 19.0 Å². The van der Waals surface area contributed by atoms with Gasteiger partial charge in [0.05, 0.1) is 16.8 Å². The van der Waals surface area contributed by atoms with Gasteiger partial charge in [-0.05, 0) is 62.9 Å². The molecule has 41 heavy (non-hydrogen) atoms. The summed E-state index contributed by atoms with van der Waals surface area (Å²) in [6.45, 7) is 11.3. The molecule has 5 rings (SSSR count). The van der Waals surface area contributed by atoms with Crippen molar-refractivity contribution in [1.29, 1.82) is 0 Å². The maximum atomic E-state index is 13.7. The van der Waals surface area contributed by atoms with Crippen LogP contribution in [0, 0.1) is 25.6 Å². The second-order valence-electron chi connectivity index (χ2n) is 11.2. The van der Waals surface area contributed by atoms with Crippen LogP contribution in [0.5, 0.6) is 0 Å². The van der Waals surface area contributed by atoms with Gasteiger partial charge >= 0.3 is 0 Å². The lowest BCUT2D eigenvalue weighted by Gasteiger charge is -2.26. The van der Waals surface area contributed by atoms with Crippen LogP contribution < -0.4 is 4.90 Å². The molecule has 2 aromatic heterocycles. The van der Waals surface area contributed by atoms with E-state index in [-0.39, 0.29) is 17.6 Å². The highest BCUT2D eigenvalue weighted by molar-refractivity contribution is 5.91. The van der Waals surface area contributed by atoms with Crippen LogP contribution in [0.1, 0.15) is 68.6 Å². The lowest BCUT2D eigenvalue weighted by molar-refractivity contribution is -0.135. The van der Waals surface area contributed by atoms with Gasteiger partial charge in [0.15, 0.2) is 5.65 Å². The zero-order valence-electron chi connectivity index (χ0n) is 24.7. The summed E-state index contributed by atoms with van der Waals surface area (Å²) in [6, 6.07) is 14.8. The molecule has 1 fully saturated rings. The highest BCUT2D eigenvalue weighted by atomic mass is 19.1. The number of amides is 1. The van der Waals surface area contributed by atoms with Gasteiger partial charge < -0.3 is 9.80 Å². The van der Waals surface area contributed by atoms with Gasteiger partial charge in [-0.3, -0.25) is 4.79 Å². The quantitative estimate of drug-likeness (QED) is 0.238. The van der Waals surface area contributed by atoms with E-state index in [0.717, 1.165) is 73.3 Å². The van der Waals surface area contributed by atoms with E-state index in [9.17, 15) is 9.18 Å². The van der Waals surface area contributed by atoms with E-state index in [1.54, 1.807) is 16.8 Å². The number of rotatable bonds is 9. The van der Waals surface area contributed by atoms with Crippen molar-refractivity contribution in [3.05, 3.63) is 77.0 Å². The van der Waals surface area contributed by atoms with E-state index >= 15 is 0 Å². The van der Waals surface area contributed by atoms with E-state index in [0.29, 0.717) is 31.0 Å². The number of nitrogens with zero attached hydrogens (tertiary/aromatic N) is 6. The third kappa shape index (κ3) is 6.42. The number of anilines is 1. The fourth-order valence-electron chi connectivity index (χ4n) is 5.72. The number of fused-ring (bicyclic) bond motifs is 1. The van der Waals surface area contributed by atoms with Crippen molar-refractivity contribution in [2.24, 2.45) is 5.92 Å². The molecule has 1 amide bonds. The Kier molecular flexibility index (Phi) is 8.96. The first-order chi connectivity index (χ1) is 19.9. The van der Waals surface area contributed by atoms with E-state index in [2.05, 4.69) is 54.8 Å². The molecule has 1 aliphatic heterocycles. The van der Waals surface area contributed by atoms with Crippen molar-refractivity contribution in [1.82, 2.24) is 24.6 Å². The number of unbranched alkanes of at least 4 members (excludes halogenated alkanes) is 1. The van der Waals surface area contributed by atoms with Crippen LogP contribution in [-0.2, 0) is 11.2 Å². The highest BCUT2D eigenvalue weighted by Crippen LogP contribution is 2.30. The molecule has 2 aromatic carbocycles. The number of carbonyl (C=O) groups excluding carboxylic acids is 1. The Morgan fingerprint density at radius 2 is 1.71 bits per heavy atom. The molecule has 0 N–H and O–H groups in total. The zero-order chi connectivity index (χ0) is 28.9. The Hall–Kier alpha value is -3.81. The summed E-state index contributed by atoms with van der Waals surface area (Å²) < 4.78 is 15.5. The Balaban J connectivity index is 1.51. The molecule has 0 bridgehead atoms. The summed E-state index contributed by atoms with van der Waals surface area (Å²) in [5.74, 6) is 1.67. The number of carbonyl (C=O) groups is 1. The fraction of sp³-hybridized carbons (Fsp3) is 0.455. The maximum Gasteiger partial charge on any atom is 0.225 e. The van der Waals surface area contributed by atoms with Crippen LogP contribution in [0.15, 0.2) is 48.5 Å². The minimum absolute atomic E-state index is 0.101. The van der Waals surface area contributed by atoms with Gasteiger partial charge in [0, 0.05) is 38.5 Å². The summed E-state index contributed by atoms with van der Waals surface area (Å²) in [5, 5.41) is 5.73. The molecule has 4 aromatic rings. The highest BCUT2D eigenvalue weighted by Gasteiger charge is 2.27. The lowest BCUT2D eigenvalue weighted by Crippen LogP contribution is -2.39. The lowest BCUT2D eigenvalue weighted by atomic mass is 9.97. The average Bonchev–Trinajstić information content (AvgIpc) is 3.14. The number of aryl methyl sites for hydroxylation is 2. The summed E-state index contributed by atoms with van der Waals surface area (Å²) in [4.78, 5) is 27.9. The van der Waals surface area contributed by atoms with Crippen LogP contribution in [0.2, 0.25) is 0 Å². The molecule has 8 heteroatoms. The van der Waals surface area contributed by atoms with Crippen molar-refractivity contribution in [3.8, 4) is 5.69 Å². The van der Waals surface area contributed by atoms with E-state index in [1.165, 1.54) is 17.7 Å². The molecule has 7 nitrogen and oxygen atoms in total. The zero-order valence-corrected chi connectivity index (χ0v) is 24.7. The summed E-state index contributed by atoms with van der Waals surface area (Å²) in [5.41, 5.74) is 4.63. The van der Waals surface area contributed by atoms with Gasteiger partial charge in [0.1, 0.15) is 17.5 Å². The second kappa shape index (κ2) is 12.8. The van der Waals surface area contributed by atoms with Crippen molar-refractivity contribution in [2.45, 2.75) is 66.2 Å². The standard InChI is InChI=1S/C33H41FN6O/c1-5-7-9-26(6-2)33(41)39-19-8-18-38(20-21-39)31-30-24(4)37-40(28-16-14-27(34)15-17-28)32(30)36-29(35-31)22-25-12-10-23(3)11-13-25/h10-17,26H,5-9,18-22H2,1-4H3/t26-/m0/s1. The van der Waals surface area contributed by atoms with Crippen LogP contribution in [0.3, 0.4) is 0 Å². The smallest absolute Gasteiger partial charge is 0.225 e. The predicted octanol–water partition coefficient (Wildman–Crippen LogP) is 6.42. The first-order valence-electron chi connectivity index (χ1n) is 15.0. The number of halogens is 1. The molecule has 1 atom stereocenters. The van der Waals surface area contributed by atoms with Gasteiger partial charge in [0.25, 0.3) is 0 Å². The van der Waals surface area contributed by atoms with E-state index in [1.807, 2.05) is 6.92 Å². The molecule has 0 spiro atoms. The molecule has 0 unspecified atom stereocenters. The molecule has 0 aliphatic carbocycles. The fourth-order valence-corrected chi connectivity index (χ4v) is 5.72.